The van der Waals surface area contributed by atoms with Crippen molar-refractivity contribution in [3.05, 3.63) is 29.3 Å². The molecule has 0 aliphatic heterocycles. The zero-order valence-corrected chi connectivity index (χ0v) is 9.79. The number of ether oxygens (including phenoxy) is 1. The molecule has 0 aliphatic carbocycles. The van der Waals surface area contributed by atoms with Gasteiger partial charge in [0.15, 0.2) is 0 Å². The van der Waals surface area contributed by atoms with Gasteiger partial charge in [0.05, 0.1) is 7.11 Å². The second-order valence-corrected chi connectivity index (χ2v) is 4.61. The van der Waals surface area contributed by atoms with Gasteiger partial charge in [-0.1, -0.05) is 32.9 Å². The van der Waals surface area contributed by atoms with Gasteiger partial charge in [-0.15, -0.1) is 0 Å². The SMILES string of the molecule is COc1ccc(C(C)(C)C)cc1CNO. The van der Waals surface area contributed by atoms with Crippen molar-refractivity contribution >= 4 is 0 Å². The first-order valence-corrected chi connectivity index (χ1v) is 5.03. The molecule has 1 aromatic carbocycles. The molecule has 0 atom stereocenters. The average molecular weight is 209 g/mol. The molecule has 3 heteroatoms. The molecule has 84 valence electrons. The lowest BCUT2D eigenvalue weighted by molar-refractivity contribution is 0.160. The van der Waals surface area contributed by atoms with Gasteiger partial charge >= 0.3 is 0 Å². The second kappa shape index (κ2) is 4.64. The molecule has 0 fully saturated rings. The normalized spacial score (nSPS) is 11.5. The standard InChI is InChI=1S/C12H19NO2/c1-12(2,3)10-5-6-11(15-4)9(7-10)8-13-14/h5-7,13-14H,8H2,1-4H3. The van der Waals surface area contributed by atoms with E-state index in [1.54, 1.807) is 7.11 Å². The number of methoxy groups -OCH3 is 1. The molecule has 1 rings (SSSR count). The van der Waals surface area contributed by atoms with Crippen LogP contribution in [0.15, 0.2) is 18.2 Å². The maximum Gasteiger partial charge on any atom is 0.123 e. The summed E-state index contributed by atoms with van der Waals surface area (Å²) in [6.07, 6.45) is 0. The molecule has 0 saturated heterocycles. The van der Waals surface area contributed by atoms with Crippen molar-refractivity contribution in [1.82, 2.24) is 5.48 Å². The first kappa shape index (κ1) is 12.0. The van der Waals surface area contributed by atoms with Gasteiger partial charge in [0.1, 0.15) is 5.75 Å². The molecular formula is C12H19NO2. The fourth-order valence-corrected chi connectivity index (χ4v) is 1.47. The Morgan fingerprint density at radius 3 is 2.47 bits per heavy atom. The molecule has 2 N–H and O–H groups in total. The molecule has 0 spiro atoms. The summed E-state index contributed by atoms with van der Waals surface area (Å²) in [5, 5.41) is 8.73. The largest absolute Gasteiger partial charge is 0.496 e. The van der Waals surface area contributed by atoms with Gasteiger partial charge in [-0.2, -0.15) is 0 Å². The summed E-state index contributed by atoms with van der Waals surface area (Å²) in [5.41, 5.74) is 4.46. The Bertz CT molecular complexity index is 329. The zero-order chi connectivity index (χ0) is 11.5. The van der Waals surface area contributed by atoms with Crippen LogP contribution in [0.3, 0.4) is 0 Å². The Morgan fingerprint density at radius 1 is 1.33 bits per heavy atom. The third-order valence-electron chi connectivity index (χ3n) is 2.42. The maximum atomic E-state index is 8.73. The van der Waals surface area contributed by atoms with Gasteiger partial charge < -0.3 is 9.94 Å². The quantitative estimate of drug-likeness (QED) is 0.751. The highest BCUT2D eigenvalue weighted by molar-refractivity contribution is 5.39. The van der Waals surface area contributed by atoms with E-state index in [9.17, 15) is 0 Å². The molecule has 0 aromatic heterocycles. The lowest BCUT2D eigenvalue weighted by Gasteiger charge is -2.21. The number of nitrogens with one attached hydrogen (secondary N) is 1. The van der Waals surface area contributed by atoms with E-state index in [2.05, 4.69) is 38.4 Å². The van der Waals surface area contributed by atoms with Crippen molar-refractivity contribution < 1.29 is 9.94 Å². The molecule has 0 unspecified atom stereocenters. The predicted octanol–water partition coefficient (Wildman–Crippen LogP) is 2.47. The van der Waals surface area contributed by atoms with E-state index in [1.165, 1.54) is 5.56 Å². The predicted molar refractivity (Wildman–Crippen MR) is 60.3 cm³/mol. The van der Waals surface area contributed by atoms with E-state index in [1.807, 2.05) is 6.07 Å². The van der Waals surface area contributed by atoms with Gasteiger partial charge in [-0.3, -0.25) is 0 Å². The highest BCUT2D eigenvalue weighted by atomic mass is 16.5. The molecular weight excluding hydrogens is 190 g/mol. The van der Waals surface area contributed by atoms with Crippen LogP contribution in [0, 0.1) is 0 Å². The van der Waals surface area contributed by atoms with Gasteiger partial charge in [-0.05, 0) is 17.0 Å². The number of rotatable bonds is 3. The monoisotopic (exact) mass is 209 g/mol. The lowest BCUT2D eigenvalue weighted by atomic mass is 9.86. The number of hydrogen-bond acceptors (Lipinski definition) is 3. The smallest absolute Gasteiger partial charge is 0.123 e. The highest BCUT2D eigenvalue weighted by Gasteiger charge is 2.15. The van der Waals surface area contributed by atoms with Crippen LogP contribution in [0.1, 0.15) is 31.9 Å². The number of hydrogen-bond donors (Lipinski definition) is 2. The van der Waals surface area contributed by atoms with Crippen LogP contribution in [0.2, 0.25) is 0 Å². The summed E-state index contributed by atoms with van der Waals surface area (Å²) in [6, 6.07) is 6.05. The van der Waals surface area contributed by atoms with Crippen LogP contribution >= 0.6 is 0 Å². The van der Waals surface area contributed by atoms with Crippen molar-refractivity contribution in [2.45, 2.75) is 32.7 Å². The van der Waals surface area contributed by atoms with E-state index >= 15 is 0 Å². The topological polar surface area (TPSA) is 41.5 Å². The van der Waals surface area contributed by atoms with Gasteiger partial charge in [0, 0.05) is 12.1 Å². The molecule has 0 aliphatic rings. The average Bonchev–Trinajstić information content (AvgIpc) is 2.17. The van der Waals surface area contributed by atoms with Crippen LogP contribution in [0.5, 0.6) is 5.75 Å². The van der Waals surface area contributed by atoms with Crippen molar-refractivity contribution in [1.29, 1.82) is 0 Å². The number of benzene rings is 1. The summed E-state index contributed by atoms with van der Waals surface area (Å²) < 4.78 is 5.21. The van der Waals surface area contributed by atoms with Crippen LogP contribution in [-0.4, -0.2) is 12.3 Å². The van der Waals surface area contributed by atoms with Crippen LogP contribution < -0.4 is 10.2 Å². The van der Waals surface area contributed by atoms with Crippen LogP contribution in [0.25, 0.3) is 0 Å². The molecule has 0 heterocycles. The van der Waals surface area contributed by atoms with Gasteiger partial charge in [0.25, 0.3) is 0 Å². The summed E-state index contributed by atoms with van der Waals surface area (Å²) in [4.78, 5) is 0. The summed E-state index contributed by atoms with van der Waals surface area (Å²) in [6.45, 7) is 6.87. The minimum Gasteiger partial charge on any atom is -0.496 e. The van der Waals surface area contributed by atoms with Crippen molar-refractivity contribution in [3.8, 4) is 5.75 Å². The van der Waals surface area contributed by atoms with E-state index in [-0.39, 0.29) is 5.41 Å². The third kappa shape index (κ3) is 2.94. The summed E-state index contributed by atoms with van der Waals surface area (Å²) in [5.74, 6) is 0.796. The molecule has 1 aromatic rings. The third-order valence-corrected chi connectivity index (χ3v) is 2.42. The van der Waals surface area contributed by atoms with E-state index in [4.69, 9.17) is 9.94 Å². The first-order chi connectivity index (χ1) is 6.99. The molecule has 15 heavy (non-hydrogen) atoms. The highest BCUT2D eigenvalue weighted by Crippen LogP contribution is 2.27. The molecule has 3 nitrogen and oxygen atoms in total. The zero-order valence-electron chi connectivity index (χ0n) is 9.79. The Morgan fingerprint density at radius 2 is 2.00 bits per heavy atom. The van der Waals surface area contributed by atoms with E-state index in [0.717, 1.165) is 11.3 Å². The maximum absolute atomic E-state index is 8.73. The van der Waals surface area contributed by atoms with E-state index < -0.39 is 0 Å². The van der Waals surface area contributed by atoms with Gasteiger partial charge in [-0.25, -0.2) is 5.48 Å². The van der Waals surface area contributed by atoms with Crippen LogP contribution in [-0.2, 0) is 12.0 Å². The Labute approximate surface area is 91.0 Å². The minimum atomic E-state index is 0.108. The summed E-state index contributed by atoms with van der Waals surface area (Å²) in [7, 11) is 1.63. The van der Waals surface area contributed by atoms with Crippen molar-refractivity contribution in [2.24, 2.45) is 0 Å². The fraction of sp³-hybridized carbons (Fsp3) is 0.500. The molecule has 0 bridgehead atoms. The Balaban J connectivity index is 3.10. The first-order valence-electron chi connectivity index (χ1n) is 5.03. The van der Waals surface area contributed by atoms with Crippen molar-refractivity contribution in [2.75, 3.05) is 7.11 Å². The van der Waals surface area contributed by atoms with Crippen LogP contribution in [0.4, 0.5) is 0 Å². The Hall–Kier alpha value is -1.06. The molecule has 0 radical (unpaired) electrons. The lowest BCUT2D eigenvalue weighted by Crippen LogP contribution is -2.13. The Kier molecular flexibility index (Phi) is 3.72. The summed E-state index contributed by atoms with van der Waals surface area (Å²) >= 11 is 0. The minimum absolute atomic E-state index is 0.108. The molecule has 0 saturated carbocycles. The second-order valence-electron chi connectivity index (χ2n) is 4.61. The number of hydroxylamine groups is 1. The van der Waals surface area contributed by atoms with Crippen molar-refractivity contribution in [3.63, 3.8) is 0 Å². The van der Waals surface area contributed by atoms with E-state index in [0.29, 0.717) is 6.54 Å². The van der Waals surface area contributed by atoms with Gasteiger partial charge in [0.2, 0.25) is 0 Å². The molecule has 0 amide bonds. The fourth-order valence-electron chi connectivity index (χ4n) is 1.47.